The first-order valence-electron chi connectivity index (χ1n) is 0.845. The number of halogens is 5. The first-order chi connectivity index (χ1) is 5.00. The van der Waals surface area contributed by atoms with Crippen molar-refractivity contribution in [3.05, 3.63) is 0 Å². The lowest BCUT2D eigenvalue weighted by atomic mass is 15.9. The molecular weight excluding hydrogens is 257 g/mol. The van der Waals surface area contributed by atoms with Crippen LogP contribution in [0.4, 0.5) is 0 Å². The van der Waals surface area contributed by atoms with Crippen molar-refractivity contribution in [3.8, 4) is 0 Å². The Labute approximate surface area is 82.7 Å². The van der Waals surface area contributed by atoms with Gasteiger partial charge in [-0.3, -0.25) is 23.3 Å². The van der Waals surface area contributed by atoms with Gasteiger partial charge in [-0.05, 0) is 0 Å². The third-order valence-electron chi connectivity index (χ3n) is 0. The van der Waals surface area contributed by atoms with Crippen LogP contribution >= 0.6 is 59.3 Å². The minimum Gasteiger partial charge on any atom is -0.295 e. The standard InChI is InChI=1S/5ClHO/c5*1-2/h5*2H. The van der Waals surface area contributed by atoms with Crippen LogP contribution in [0, 0.1) is 0 Å². The molecule has 70 valence electrons. The molecule has 0 saturated carbocycles. The quantitative estimate of drug-likeness (QED) is 0.441. The van der Waals surface area contributed by atoms with Gasteiger partial charge < -0.3 is 0 Å². The van der Waals surface area contributed by atoms with E-state index in [-0.39, 0.29) is 0 Å². The smallest absolute Gasteiger partial charge is 0.0579 e. The van der Waals surface area contributed by atoms with Crippen LogP contribution < -0.4 is 0 Å². The Morgan fingerprint density at radius 2 is 0.300 bits per heavy atom. The summed E-state index contributed by atoms with van der Waals surface area (Å²) in [5.74, 6) is 0. The molecule has 0 heterocycles. The maximum atomic E-state index is 6.47. The molecule has 0 aromatic carbocycles. The van der Waals surface area contributed by atoms with Gasteiger partial charge in [0.15, 0.2) is 0 Å². The van der Waals surface area contributed by atoms with Gasteiger partial charge in [0.25, 0.3) is 0 Å². The lowest BCUT2D eigenvalue weighted by Gasteiger charge is -1.13. The molecule has 0 aliphatic rings. The molecular formula is H5Cl5O5. The average Bonchev–Trinajstić information content (AvgIpc) is 2.20. The van der Waals surface area contributed by atoms with Crippen LogP contribution in [0.5, 0.6) is 0 Å². The largest absolute Gasteiger partial charge is 0.295 e. The van der Waals surface area contributed by atoms with Gasteiger partial charge in [-0.2, -0.15) is 0 Å². The van der Waals surface area contributed by atoms with Gasteiger partial charge in [0, 0.05) is 0 Å². The van der Waals surface area contributed by atoms with Gasteiger partial charge in [0.2, 0.25) is 0 Å². The zero-order chi connectivity index (χ0) is 10.0. The Kier molecular flexibility index (Phi) is 1700. The Balaban J connectivity index is -0.0000000104. The highest BCUT2D eigenvalue weighted by atomic mass is 35.5. The van der Waals surface area contributed by atoms with E-state index in [4.69, 9.17) is 23.3 Å². The minimum atomic E-state index is 3.64. The van der Waals surface area contributed by atoms with Crippen molar-refractivity contribution in [2.45, 2.75) is 0 Å². The predicted octanol–water partition coefficient (Wildman–Crippen LogP) is 0.663. The van der Waals surface area contributed by atoms with Crippen LogP contribution in [0.3, 0.4) is 0 Å². The molecule has 10 heteroatoms. The summed E-state index contributed by atoms with van der Waals surface area (Å²) in [5, 5.41) is 0. The first-order valence-corrected chi connectivity index (χ1v) is 2.54. The third-order valence-corrected chi connectivity index (χ3v) is 0. The van der Waals surface area contributed by atoms with Gasteiger partial charge in [-0.25, -0.2) is 0 Å². The van der Waals surface area contributed by atoms with E-state index in [9.17, 15) is 0 Å². The summed E-state index contributed by atoms with van der Waals surface area (Å²) in [6.07, 6.45) is 0. The Bertz CT molecular complexity index is 10.0. The Hall–Kier alpha value is 1.25. The third kappa shape index (κ3) is 403. The summed E-state index contributed by atoms with van der Waals surface area (Å²) in [6, 6.07) is 0. The Morgan fingerprint density at radius 3 is 0.300 bits per heavy atom. The fraction of sp³-hybridized carbons (Fsp3) is 0. The zero-order valence-corrected chi connectivity index (χ0v) is 7.91. The van der Waals surface area contributed by atoms with Crippen LogP contribution in [0.25, 0.3) is 0 Å². The molecule has 0 aliphatic carbocycles. The summed E-state index contributed by atoms with van der Waals surface area (Å²) >= 11 is 18.2. The van der Waals surface area contributed by atoms with E-state index in [0.29, 0.717) is 0 Å². The van der Waals surface area contributed by atoms with Crippen molar-refractivity contribution in [1.29, 1.82) is 0 Å². The normalized spacial score (nSPS) is 3.00. The fourth-order valence-electron chi connectivity index (χ4n) is 0. The molecule has 0 radical (unpaired) electrons. The zero-order valence-electron chi connectivity index (χ0n) is 4.13. The van der Waals surface area contributed by atoms with E-state index in [1.807, 2.05) is 0 Å². The highest BCUT2D eigenvalue weighted by Crippen LogP contribution is 1.32. The lowest BCUT2D eigenvalue weighted by molar-refractivity contribution is 0.632. The van der Waals surface area contributed by atoms with Crippen molar-refractivity contribution in [1.82, 2.24) is 0 Å². The van der Waals surface area contributed by atoms with E-state index in [1.165, 1.54) is 0 Å². The molecule has 0 aromatic rings. The maximum absolute atomic E-state index is 6.47. The topological polar surface area (TPSA) is 101 Å². The second-order valence-corrected chi connectivity index (χ2v) is 0. The van der Waals surface area contributed by atoms with Crippen molar-refractivity contribution >= 4 is 59.3 Å². The van der Waals surface area contributed by atoms with Crippen LogP contribution in [-0.2, 0) is 0 Å². The molecule has 0 rings (SSSR count). The Morgan fingerprint density at radius 1 is 0.300 bits per heavy atom. The summed E-state index contributed by atoms with van der Waals surface area (Å²) in [6.45, 7) is 0. The van der Waals surface area contributed by atoms with Crippen LogP contribution in [0.1, 0.15) is 0 Å². The van der Waals surface area contributed by atoms with Gasteiger partial charge in [0.1, 0.15) is 0 Å². The first kappa shape index (κ1) is 30.3. The van der Waals surface area contributed by atoms with Crippen LogP contribution in [0.2, 0.25) is 0 Å². The van der Waals surface area contributed by atoms with E-state index in [0.717, 1.165) is 0 Å². The molecule has 5 N–H and O–H groups in total. The molecule has 0 fully saturated rings. The highest BCUT2D eigenvalue weighted by molar-refractivity contribution is 6.05. The summed E-state index contributed by atoms with van der Waals surface area (Å²) in [7, 11) is 0. The van der Waals surface area contributed by atoms with Gasteiger partial charge in [-0.1, -0.05) is 0 Å². The van der Waals surface area contributed by atoms with Crippen molar-refractivity contribution < 1.29 is 23.3 Å². The number of rotatable bonds is 0. The number of hydrogen-bond donors (Lipinski definition) is 5. The minimum absolute atomic E-state index is 3.64. The summed E-state index contributed by atoms with van der Waals surface area (Å²) in [4.78, 5) is 0. The molecule has 0 aromatic heterocycles. The van der Waals surface area contributed by atoms with Gasteiger partial charge >= 0.3 is 0 Å². The van der Waals surface area contributed by atoms with Crippen molar-refractivity contribution in [2.24, 2.45) is 0 Å². The van der Waals surface area contributed by atoms with E-state index in [2.05, 4.69) is 59.3 Å². The molecule has 10 heavy (non-hydrogen) atoms. The van der Waals surface area contributed by atoms with E-state index in [1.54, 1.807) is 0 Å². The molecule has 0 aliphatic heterocycles. The van der Waals surface area contributed by atoms with E-state index < -0.39 is 0 Å². The summed E-state index contributed by atoms with van der Waals surface area (Å²) in [5.41, 5.74) is 0. The van der Waals surface area contributed by atoms with Crippen LogP contribution in [-0.4, -0.2) is 23.3 Å². The maximum Gasteiger partial charge on any atom is 0.0579 e. The lowest BCUT2D eigenvalue weighted by Crippen LogP contribution is -0.913. The molecule has 0 bridgehead atoms. The van der Waals surface area contributed by atoms with Gasteiger partial charge in [-0.15, -0.1) is 0 Å². The fourth-order valence-corrected chi connectivity index (χ4v) is 0. The average molecular weight is 262 g/mol. The van der Waals surface area contributed by atoms with Crippen molar-refractivity contribution in [2.75, 3.05) is 0 Å². The predicted molar refractivity (Wildman–Crippen MR) is 40.4 cm³/mol. The highest BCUT2D eigenvalue weighted by Gasteiger charge is 0.905. The monoisotopic (exact) mass is 260 g/mol. The summed E-state index contributed by atoms with van der Waals surface area (Å²) < 4.78 is 32.4. The molecule has 0 spiro atoms. The second-order valence-electron chi connectivity index (χ2n) is 0. The molecule has 0 saturated heterocycles. The van der Waals surface area contributed by atoms with E-state index >= 15 is 0 Å². The van der Waals surface area contributed by atoms with Gasteiger partial charge in [0.05, 0.1) is 59.3 Å². The molecule has 5 nitrogen and oxygen atoms in total. The molecule has 0 amide bonds. The second kappa shape index (κ2) is 561. The number of hydrogen-bond acceptors (Lipinski definition) is 5. The molecule has 0 unspecified atom stereocenters. The van der Waals surface area contributed by atoms with Crippen molar-refractivity contribution in [3.63, 3.8) is 0 Å². The molecule has 0 atom stereocenters. The SMILES string of the molecule is OCl.OCl.OCl.OCl.OCl. The van der Waals surface area contributed by atoms with Crippen LogP contribution in [0.15, 0.2) is 0 Å².